The Morgan fingerprint density at radius 2 is 1.96 bits per heavy atom. The predicted octanol–water partition coefficient (Wildman–Crippen LogP) is 4.44. The van der Waals surface area contributed by atoms with Crippen LogP contribution in [0.5, 0.6) is 17.2 Å². The Morgan fingerprint density at radius 1 is 1.15 bits per heavy atom. The summed E-state index contributed by atoms with van der Waals surface area (Å²) >= 11 is 0. The molecule has 3 aromatic rings. The van der Waals surface area contributed by atoms with Crippen LogP contribution in [0.15, 0.2) is 42.6 Å². The third-order valence-corrected chi connectivity index (χ3v) is 4.08. The van der Waals surface area contributed by atoms with E-state index in [4.69, 9.17) is 14.2 Å². The van der Waals surface area contributed by atoms with Gasteiger partial charge in [0, 0.05) is 23.3 Å². The van der Waals surface area contributed by atoms with Crippen LogP contribution in [0.3, 0.4) is 0 Å². The van der Waals surface area contributed by atoms with Crippen molar-refractivity contribution >= 4 is 34.7 Å². The van der Waals surface area contributed by atoms with Crippen LogP contribution in [0.4, 0.5) is 11.4 Å². The largest absolute Gasteiger partial charge is 0.494 e. The number of hydrogen-bond acceptors (Lipinski definition) is 6. The molecule has 2 aromatic carbocycles. The van der Waals surface area contributed by atoms with Crippen LogP contribution in [-0.2, 0) is 0 Å². The highest BCUT2D eigenvalue weighted by Crippen LogP contribution is 2.36. The summed E-state index contributed by atoms with van der Waals surface area (Å²) in [6.45, 7) is 3.58. The Hall–Kier alpha value is -3.17. The Bertz CT molecular complexity index is 1020. The van der Waals surface area contributed by atoms with Gasteiger partial charge in [-0.3, -0.25) is 4.98 Å². The highest BCUT2D eigenvalue weighted by Gasteiger charge is 2.14. The number of aromatic nitrogens is 1. The maximum absolute atomic E-state index is 9.51. The topological polar surface area (TPSA) is 76.4 Å². The number of nitriles is 1. The molecular formula is C20H18ClN3O3. The fraction of sp³-hybridized carbons (Fsp3) is 0.200. The first-order valence-electron chi connectivity index (χ1n) is 8.41. The van der Waals surface area contributed by atoms with Gasteiger partial charge in [0.25, 0.3) is 0 Å². The molecule has 1 aromatic heterocycles. The van der Waals surface area contributed by atoms with Gasteiger partial charge in [0.05, 0.1) is 23.4 Å². The molecule has 0 fully saturated rings. The Labute approximate surface area is 163 Å². The molecule has 1 aliphatic rings. The van der Waals surface area contributed by atoms with Gasteiger partial charge in [-0.05, 0) is 37.3 Å². The summed E-state index contributed by atoms with van der Waals surface area (Å²) in [7, 11) is 0. The van der Waals surface area contributed by atoms with E-state index in [9.17, 15) is 5.26 Å². The molecule has 6 nitrogen and oxygen atoms in total. The minimum absolute atomic E-state index is 0. The SMILES string of the molecule is CCOc1ccc2ncc(C#N)c(Nc3ccc4c(c3)OCCO4)c2c1.Cl. The van der Waals surface area contributed by atoms with Crippen molar-refractivity contribution in [2.24, 2.45) is 0 Å². The molecular weight excluding hydrogens is 366 g/mol. The number of nitrogens with one attached hydrogen (secondary N) is 1. The number of hydrogen-bond donors (Lipinski definition) is 1. The number of nitrogens with zero attached hydrogens (tertiary/aromatic N) is 2. The molecule has 0 amide bonds. The molecule has 0 unspecified atom stereocenters. The minimum Gasteiger partial charge on any atom is -0.494 e. The van der Waals surface area contributed by atoms with E-state index in [1.807, 2.05) is 43.3 Å². The molecule has 0 aliphatic carbocycles. The van der Waals surface area contributed by atoms with Gasteiger partial charge in [0.2, 0.25) is 0 Å². The second-order valence-electron chi connectivity index (χ2n) is 5.75. The van der Waals surface area contributed by atoms with Crippen molar-refractivity contribution in [3.05, 3.63) is 48.2 Å². The first kappa shape index (κ1) is 18.6. The van der Waals surface area contributed by atoms with E-state index in [2.05, 4.69) is 16.4 Å². The smallest absolute Gasteiger partial charge is 0.163 e. The second-order valence-corrected chi connectivity index (χ2v) is 5.75. The molecule has 138 valence electrons. The summed E-state index contributed by atoms with van der Waals surface area (Å²) in [4.78, 5) is 4.36. The highest BCUT2D eigenvalue weighted by molar-refractivity contribution is 5.96. The molecule has 7 heteroatoms. The second kappa shape index (κ2) is 8.02. The van der Waals surface area contributed by atoms with Crippen LogP contribution < -0.4 is 19.5 Å². The van der Waals surface area contributed by atoms with Crippen molar-refractivity contribution in [2.45, 2.75) is 6.92 Å². The van der Waals surface area contributed by atoms with Crippen molar-refractivity contribution in [1.29, 1.82) is 5.26 Å². The zero-order valence-corrected chi connectivity index (χ0v) is 15.5. The van der Waals surface area contributed by atoms with Gasteiger partial charge in [-0.15, -0.1) is 12.4 Å². The third-order valence-electron chi connectivity index (χ3n) is 4.08. The molecule has 0 atom stereocenters. The lowest BCUT2D eigenvalue weighted by atomic mass is 10.1. The van der Waals surface area contributed by atoms with E-state index in [-0.39, 0.29) is 12.4 Å². The first-order chi connectivity index (χ1) is 12.8. The number of rotatable bonds is 4. The molecule has 0 saturated carbocycles. The van der Waals surface area contributed by atoms with E-state index in [0.29, 0.717) is 36.8 Å². The van der Waals surface area contributed by atoms with Gasteiger partial charge >= 0.3 is 0 Å². The number of anilines is 2. The van der Waals surface area contributed by atoms with Crippen LogP contribution in [-0.4, -0.2) is 24.8 Å². The fourth-order valence-electron chi connectivity index (χ4n) is 2.91. The molecule has 2 heterocycles. The van der Waals surface area contributed by atoms with E-state index >= 15 is 0 Å². The van der Waals surface area contributed by atoms with Crippen LogP contribution in [0.1, 0.15) is 12.5 Å². The van der Waals surface area contributed by atoms with Gasteiger partial charge in [-0.1, -0.05) is 0 Å². The van der Waals surface area contributed by atoms with Crippen LogP contribution in [0, 0.1) is 11.3 Å². The maximum atomic E-state index is 9.51. The normalized spacial score (nSPS) is 12.0. The number of fused-ring (bicyclic) bond motifs is 2. The minimum atomic E-state index is 0. The molecule has 27 heavy (non-hydrogen) atoms. The number of benzene rings is 2. The fourth-order valence-corrected chi connectivity index (χ4v) is 2.91. The monoisotopic (exact) mass is 383 g/mol. The van der Waals surface area contributed by atoms with Gasteiger partial charge in [-0.2, -0.15) is 5.26 Å². The van der Waals surface area contributed by atoms with Crippen molar-refractivity contribution in [1.82, 2.24) is 4.98 Å². The lowest BCUT2D eigenvalue weighted by molar-refractivity contribution is 0.171. The standard InChI is InChI=1S/C20H17N3O3.ClH/c1-2-24-15-4-5-17-16(10-15)20(13(11-21)12-22-17)23-14-3-6-18-19(9-14)26-8-7-25-18;/h3-6,9-10,12H,2,7-8H2,1H3,(H,22,23);1H. The molecule has 0 radical (unpaired) electrons. The Balaban J connectivity index is 0.00000210. The Morgan fingerprint density at radius 3 is 2.74 bits per heavy atom. The van der Waals surface area contributed by atoms with Crippen molar-refractivity contribution in [3.63, 3.8) is 0 Å². The quantitative estimate of drug-likeness (QED) is 0.717. The van der Waals surface area contributed by atoms with Gasteiger partial charge in [0.1, 0.15) is 25.0 Å². The van der Waals surface area contributed by atoms with Gasteiger partial charge < -0.3 is 19.5 Å². The summed E-state index contributed by atoms with van der Waals surface area (Å²) < 4.78 is 16.8. The molecule has 0 bridgehead atoms. The van der Waals surface area contributed by atoms with Crippen LogP contribution in [0.2, 0.25) is 0 Å². The number of pyridine rings is 1. The first-order valence-corrected chi connectivity index (χ1v) is 8.41. The summed E-state index contributed by atoms with van der Waals surface area (Å²) in [5.74, 6) is 2.15. The zero-order chi connectivity index (χ0) is 17.9. The van der Waals surface area contributed by atoms with Crippen LogP contribution in [0.25, 0.3) is 10.9 Å². The summed E-state index contributed by atoms with van der Waals surface area (Å²) in [6.07, 6.45) is 1.57. The summed E-state index contributed by atoms with van der Waals surface area (Å²) in [5.41, 5.74) is 2.74. The summed E-state index contributed by atoms with van der Waals surface area (Å²) in [6, 6.07) is 13.5. The predicted molar refractivity (Wildman–Crippen MR) is 106 cm³/mol. The average Bonchev–Trinajstić information content (AvgIpc) is 2.68. The van der Waals surface area contributed by atoms with Crippen LogP contribution >= 0.6 is 12.4 Å². The zero-order valence-electron chi connectivity index (χ0n) is 14.7. The van der Waals surface area contributed by atoms with Crippen molar-refractivity contribution in [3.8, 4) is 23.3 Å². The lowest BCUT2D eigenvalue weighted by Crippen LogP contribution is -2.15. The molecule has 0 spiro atoms. The lowest BCUT2D eigenvalue weighted by Gasteiger charge is -2.19. The molecule has 1 aliphatic heterocycles. The summed E-state index contributed by atoms with van der Waals surface area (Å²) in [5, 5.41) is 13.7. The maximum Gasteiger partial charge on any atom is 0.163 e. The molecule has 1 N–H and O–H groups in total. The van der Waals surface area contributed by atoms with Gasteiger partial charge in [0.15, 0.2) is 11.5 Å². The van der Waals surface area contributed by atoms with Crippen molar-refractivity contribution in [2.75, 3.05) is 25.1 Å². The number of halogens is 1. The highest BCUT2D eigenvalue weighted by atomic mass is 35.5. The van der Waals surface area contributed by atoms with Gasteiger partial charge in [-0.25, -0.2) is 0 Å². The van der Waals surface area contributed by atoms with E-state index < -0.39 is 0 Å². The van der Waals surface area contributed by atoms with Crippen molar-refractivity contribution < 1.29 is 14.2 Å². The Kier molecular flexibility index (Phi) is 5.53. The average molecular weight is 384 g/mol. The van der Waals surface area contributed by atoms with E-state index in [0.717, 1.165) is 28.1 Å². The number of ether oxygens (including phenoxy) is 3. The third kappa shape index (κ3) is 3.69. The molecule has 0 saturated heterocycles. The molecule has 4 rings (SSSR count). The van der Waals surface area contributed by atoms with E-state index in [1.54, 1.807) is 6.20 Å². The van der Waals surface area contributed by atoms with E-state index in [1.165, 1.54) is 0 Å².